The van der Waals surface area contributed by atoms with Crippen LogP contribution in [0.5, 0.6) is 0 Å². The van der Waals surface area contributed by atoms with Crippen LogP contribution in [0.2, 0.25) is 0 Å². The first-order valence-corrected chi connectivity index (χ1v) is 7.20. The molecule has 0 spiro atoms. The van der Waals surface area contributed by atoms with Gasteiger partial charge in [-0.05, 0) is 18.6 Å². The Morgan fingerprint density at radius 1 is 1.48 bits per heavy atom. The lowest BCUT2D eigenvalue weighted by molar-refractivity contribution is 0.0776. The number of anilines is 1. The Kier molecular flexibility index (Phi) is 3.75. The summed E-state index contributed by atoms with van der Waals surface area (Å²) >= 11 is 0. The zero-order valence-corrected chi connectivity index (χ0v) is 12.0. The van der Waals surface area contributed by atoms with Crippen molar-refractivity contribution in [3.8, 4) is 0 Å². The fourth-order valence-corrected chi connectivity index (χ4v) is 2.82. The standard InChI is InChI=1S/C16H19N3O2/c1-17-14-8-15(18-13-5-3-2-4-12(13)14)16(21)19-7-6-11(9-19)10-20/h2-5,8,11,20H,6-7,9-10H2,1H3,(H,17,18). The van der Waals surface area contributed by atoms with Gasteiger partial charge in [0, 0.05) is 43.7 Å². The number of rotatable bonds is 3. The highest BCUT2D eigenvalue weighted by atomic mass is 16.3. The van der Waals surface area contributed by atoms with E-state index in [4.69, 9.17) is 0 Å². The van der Waals surface area contributed by atoms with Crippen LogP contribution in [-0.2, 0) is 0 Å². The topological polar surface area (TPSA) is 65.5 Å². The number of amides is 1. The third kappa shape index (κ3) is 2.56. The number of aromatic nitrogens is 1. The molecule has 2 heterocycles. The summed E-state index contributed by atoms with van der Waals surface area (Å²) in [6.45, 7) is 1.43. The molecule has 0 bridgehead atoms. The first kappa shape index (κ1) is 13.8. The second-order valence-electron chi connectivity index (χ2n) is 5.41. The zero-order chi connectivity index (χ0) is 14.8. The molecule has 1 aliphatic heterocycles. The summed E-state index contributed by atoms with van der Waals surface area (Å²) in [5.74, 6) is 0.131. The second-order valence-corrected chi connectivity index (χ2v) is 5.41. The Balaban J connectivity index is 1.95. The van der Waals surface area contributed by atoms with Gasteiger partial charge in [-0.15, -0.1) is 0 Å². The summed E-state index contributed by atoms with van der Waals surface area (Å²) in [7, 11) is 1.84. The van der Waals surface area contributed by atoms with Crippen molar-refractivity contribution in [3.63, 3.8) is 0 Å². The normalized spacial score (nSPS) is 18.2. The average Bonchev–Trinajstić information content (AvgIpc) is 3.02. The monoisotopic (exact) mass is 285 g/mol. The molecule has 1 amide bonds. The maximum absolute atomic E-state index is 12.6. The van der Waals surface area contributed by atoms with Crippen LogP contribution in [0.1, 0.15) is 16.9 Å². The number of carbonyl (C=O) groups is 1. The molecule has 110 valence electrons. The number of para-hydroxylation sites is 1. The first-order valence-electron chi connectivity index (χ1n) is 7.20. The van der Waals surface area contributed by atoms with Crippen LogP contribution in [0.4, 0.5) is 5.69 Å². The first-order chi connectivity index (χ1) is 10.2. The molecule has 1 saturated heterocycles. The number of nitrogens with zero attached hydrogens (tertiary/aromatic N) is 2. The number of pyridine rings is 1. The molecule has 5 heteroatoms. The van der Waals surface area contributed by atoms with Crippen molar-refractivity contribution < 1.29 is 9.90 Å². The number of hydrogen-bond donors (Lipinski definition) is 2. The molecular weight excluding hydrogens is 266 g/mol. The van der Waals surface area contributed by atoms with Gasteiger partial charge in [0.2, 0.25) is 0 Å². The molecule has 2 N–H and O–H groups in total. The molecule has 1 aromatic heterocycles. The van der Waals surface area contributed by atoms with E-state index in [1.54, 1.807) is 11.0 Å². The molecule has 1 atom stereocenters. The third-order valence-electron chi connectivity index (χ3n) is 4.04. The van der Waals surface area contributed by atoms with Crippen LogP contribution in [-0.4, -0.2) is 47.6 Å². The molecule has 1 fully saturated rings. The highest BCUT2D eigenvalue weighted by Crippen LogP contribution is 2.24. The highest BCUT2D eigenvalue weighted by molar-refractivity contribution is 5.99. The fourth-order valence-electron chi connectivity index (χ4n) is 2.82. The predicted octanol–water partition coefficient (Wildman–Crippen LogP) is 1.73. The lowest BCUT2D eigenvalue weighted by Crippen LogP contribution is -2.30. The molecule has 0 radical (unpaired) electrons. The van der Waals surface area contributed by atoms with Gasteiger partial charge in [0.1, 0.15) is 5.69 Å². The van der Waals surface area contributed by atoms with E-state index < -0.39 is 0 Å². The van der Waals surface area contributed by atoms with Gasteiger partial charge in [0.05, 0.1) is 5.52 Å². The van der Waals surface area contributed by atoms with Crippen LogP contribution in [0.3, 0.4) is 0 Å². The number of benzene rings is 1. The summed E-state index contributed by atoms with van der Waals surface area (Å²) in [5.41, 5.74) is 2.17. The summed E-state index contributed by atoms with van der Waals surface area (Å²) in [5, 5.41) is 13.3. The minimum atomic E-state index is -0.0618. The summed E-state index contributed by atoms with van der Waals surface area (Å²) in [6.07, 6.45) is 0.856. The molecule has 1 unspecified atom stereocenters. The number of fused-ring (bicyclic) bond motifs is 1. The van der Waals surface area contributed by atoms with Crippen molar-refractivity contribution in [2.24, 2.45) is 5.92 Å². The number of carbonyl (C=O) groups excluding carboxylic acids is 1. The number of hydrogen-bond acceptors (Lipinski definition) is 4. The van der Waals surface area contributed by atoms with Crippen LogP contribution in [0.25, 0.3) is 10.9 Å². The van der Waals surface area contributed by atoms with E-state index >= 15 is 0 Å². The Morgan fingerprint density at radius 3 is 3.00 bits per heavy atom. The van der Waals surface area contributed by atoms with Crippen LogP contribution in [0, 0.1) is 5.92 Å². The summed E-state index contributed by atoms with van der Waals surface area (Å²) in [6, 6.07) is 9.57. The lowest BCUT2D eigenvalue weighted by Gasteiger charge is -2.17. The van der Waals surface area contributed by atoms with Gasteiger partial charge in [0.25, 0.3) is 5.91 Å². The van der Waals surface area contributed by atoms with Gasteiger partial charge in [0.15, 0.2) is 0 Å². The average molecular weight is 285 g/mol. The van der Waals surface area contributed by atoms with Crippen molar-refractivity contribution in [3.05, 3.63) is 36.0 Å². The SMILES string of the molecule is CNc1cc(C(=O)N2CCC(CO)C2)nc2ccccc12. The summed E-state index contributed by atoms with van der Waals surface area (Å²) in [4.78, 5) is 18.8. The highest BCUT2D eigenvalue weighted by Gasteiger charge is 2.27. The quantitative estimate of drug-likeness (QED) is 0.901. The molecule has 2 aromatic rings. The predicted molar refractivity (Wildman–Crippen MR) is 82.4 cm³/mol. The number of nitrogens with one attached hydrogen (secondary N) is 1. The van der Waals surface area contributed by atoms with Crippen molar-refractivity contribution in [1.29, 1.82) is 0 Å². The van der Waals surface area contributed by atoms with E-state index in [1.807, 2.05) is 31.3 Å². The molecular formula is C16H19N3O2. The van der Waals surface area contributed by atoms with Crippen molar-refractivity contribution >= 4 is 22.5 Å². The molecule has 1 aliphatic rings. The fraction of sp³-hybridized carbons (Fsp3) is 0.375. The lowest BCUT2D eigenvalue weighted by atomic mass is 10.1. The van der Waals surface area contributed by atoms with Gasteiger partial charge >= 0.3 is 0 Å². The number of aliphatic hydroxyl groups excluding tert-OH is 1. The Morgan fingerprint density at radius 2 is 2.29 bits per heavy atom. The smallest absolute Gasteiger partial charge is 0.272 e. The van der Waals surface area contributed by atoms with Crippen LogP contribution in [0.15, 0.2) is 30.3 Å². The minimum Gasteiger partial charge on any atom is -0.396 e. The number of likely N-dealkylation sites (tertiary alicyclic amines) is 1. The second kappa shape index (κ2) is 5.69. The van der Waals surface area contributed by atoms with E-state index in [9.17, 15) is 9.90 Å². The Hall–Kier alpha value is -2.14. The van der Waals surface area contributed by atoms with E-state index in [0.717, 1.165) is 23.0 Å². The molecule has 21 heavy (non-hydrogen) atoms. The molecule has 3 rings (SSSR count). The van der Waals surface area contributed by atoms with E-state index in [1.165, 1.54) is 0 Å². The molecule has 5 nitrogen and oxygen atoms in total. The molecule has 0 saturated carbocycles. The molecule has 1 aromatic carbocycles. The number of aliphatic hydroxyl groups is 1. The maximum atomic E-state index is 12.6. The summed E-state index contributed by atoms with van der Waals surface area (Å²) < 4.78 is 0. The largest absolute Gasteiger partial charge is 0.396 e. The van der Waals surface area contributed by atoms with Crippen LogP contribution < -0.4 is 5.32 Å². The van der Waals surface area contributed by atoms with Crippen molar-refractivity contribution in [2.45, 2.75) is 6.42 Å². The van der Waals surface area contributed by atoms with Gasteiger partial charge in [-0.3, -0.25) is 4.79 Å². The zero-order valence-electron chi connectivity index (χ0n) is 12.0. The van der Waals surface area contributed by atoms with Gasteiger partial charge in [-0.2, -0.15) is 0 Å². The minimum absolute atomic E-state index is 0.0618. The maximum Gasteiger partial charge on any atom is 0.272 e. The van der Waals surface area contributed by atoms with Crippen LogP contribution >= 0.6 is 0 Å². The van der Waals surface area contributed by atoms with E-state index in [0.29, 0.717) is 18.8 Å². The van der Waals surface area contributed by atoms with Crippen molar-refractivity contribution in [1.82, 2.24) is 9.88 Å². The Bertz CT molecular complexity index is 672. The third-order valence-corrected chi connectivity index (χ3v) is 4.04. The van der Waals surface area contributed by atoms with Gasteiger partial charge in [-0.25, -0.2) is 4.98 Å². The van der Waals surface area contributed by atoms with E-state index in [-0.39, 0.29) is 18.4 Å². The molecule has 0 aliphatic carbocycles. The van der Waals surface area contributed by atoms with Crippen molar-refractivity contribution in [2.75, 3.05) is 32.1 Å². The van der Waals surface area contributed by atoms with Gasteiger partial charge < -0.3 is 15.3 Å². The Labute approximate surface area is 123 Å². The van der Waals surface area contributed by atoms with E-state index in [2.05, 4.69) is 10.3 Å². The van der Waals surface area contributed by atoms with Gasteiger partial charge in [-0.1, -0.05) is 18.2 Å².